The number of hydrogen-bond donors (Lipinski definition) is 2. The second-order valence-electron chi connectivity index (χ2n) is 4.72. The molecule has 0 unspecified atom stereocenters. The van der Waals surface area contributed by atoms with E-state index in [0.29, 0.717) is 27.3 Å². The summed E-state index contributed by atoms with van der Waals surface area (Å²) in [5.74, 6) is 1.18. The Labute approximate surface area is 136 Å². The summed E-state index contributed by atoms with van der Waals surface area (Å²) in [6, 6.07) is 3.45. The maximum atomic E-state index is 6.11. The van der Waals surface area contributed by atoms with Gasteiger partial charge >= 0.3 is 0 Å². The van der Waals surface area contributed by atoms with E-state index in [0.717, 1.165) is 19.5 Å². The third-order valence-corrected chi connectivity index (χ3v) is 3.33. The number of rotatable bonds is 7. The number of methoxy groups -OCH3 is 2. The van der Waals surface area contributed by atoms with Gasteiger partial charge in [0.2, 0.25) is 0 Å². The van der Waals surface area contributed by atoms with Crippen molar-refractivity contribution in [2.75, 3.05) is 46.7 Å². The van der Waals surface area contributed by atoms with Crippen molar-refractivity contribution in [3.63, 3.8) is 0 Å². The maximum Gasteiger partial charge on any atom is 0.170 e. The summed E-state index contributed by atoms with van der Waals surface area (Å²) in [6.45, 7) is 1.81. The molecule has 0 saturated heterocycles. The fourth-order valence-corrected chi connectivity index (χ4v) is 2.17. The number of thiocarbonyl (C=S) groups is 1. The fourth-order valence-electron chi connectivity index (χ4n) is 1.72. The van der Waals surface area contributed by atoms with E-state index in [9.17, 15) is 0 Å². The zero-order valence-corrected chi connectivity index (χ0v) is 14.4. The molecule has 0 aliphatic heterocycles. The van der Waals surface area contributed by atoms with E-state index in [1.807, 2.05) is 14.1 Å². The van der Waals surface area contributed by atoms with Gasteiger partial charge in [0.15, 0.2) is 5.11 Å². The third-order valence-electron chi connectivity index (χ3n) is 2.79. The van der Waals surface area contributed by atoms with Crippen LogP contribution < -0.4 is 20.1 Å². The number of benzene rings is 1. The van der Waals surface area contributed by atoms with Gasteiger partial charge in [0.1, 0.15) is 11.5 Å². The third kappa shape index (κ3) is 5.95. The van der Waals surface area contributed by atoms with Crippen molar-refractivity contribution in [1.82, 2.24) is 10.2 Å². The minimum Gasteiger partial charge on any atom is -0.495 e. The zero-order chi connectivity index (χ0) is 15.8. The summed E-state index contributed by atoms with van der Waals surface area (Å²) in [5, 5.41) is 7.27. The summed E-state index contributed by atoms with van der Waals surface area (Å²) in [7, 11) is 7.23. The summed E-state index contributed by atoms with van der Waals surface area (Å²) in [6.07, 6.45) is 1.01. The molecule has 2 N–H and O–H groups in total. The van der Waals surface area contributed by atoms with Crippen molar-refractivity contribution in [2.24, 2.45) is 0 Å². The molecule has 0 saturated carbocycles. The number of nitrogens with zero attached hydrogens (tertiary/aromatic N) is 1. The first-order valence-electron chi connectivity index (χ1n) is 6.59. The summed E-state index contributed by atoms with van der Waals surface area (Å²) in [5.41, 5.74) is 0.702. The molecule has 0 spiro atoms. The average molecular weight is 332 g/mol. The molecule has 0 radical (unpaired) electrons. The van der Waals surface area contributed by atoms with Crippen LogP contribution in [-0.4, -0.2) is 51.4 Å². The quantitative estimate of drug-likeness (QED) is 0.591. The van der Waals surface area contributed by atoms with Crippen LogP contribution in [0.1, 0.15) is 6.42 Å². The standard InChI is InChI=1S/C14H22ClN3O2S/c1-18(2)7-5-6-16-14(21)17-11-8-10(15)12(19-3)9-13(11)20-4/h8-9H,5-7H2,1-4H3,(H2,16,17,21). The molecule has 0 aliphatic carbocycles. The molecule has 21 heavy (non-hydrogen) atoms. The van der Waals surface area contributed by atoms with Gasteiger partial charge in [-0.2, -0.15) is 0 Å². The van der Waals surface area contributed by atoms with Crippen molar-refractivity contribution in [1.29, 1.82) is 0 Å². The van der Waals surface area contributed by atoms with Gasteiger partial charge in [-0.15, -0.1) is 0 Å². The molecule has 0 aliphatic rings. The lowest BCUT2D eigenvalue weighted by molar-refractivity contribution is 0.396. The smallest absolute Gasteiger partial charge is 0.170 e. The highest BCUT2D eigenvalue weighted by atomic mass is 35.5. The predicted molar refractivity (Wildman–Crippen MR) is 92.0 cm³/mol. The Bertz CT molecular complexity index is 484. The van der Waals surface area contributed by atoms with E-state index in [4.69, 9.17) is 33.3 Å². The highest BCUT2D eigenvalue weighted by molar-refractivity contribution is 7.80. The normalized spacial score (nSPS) is 10.4. The van der Waals surface area contributed by atoms with Crippen molar-refractivity contribution < 1.29 is 9.47 Å². The monoisotopic (exact) mass is 331 g/mol. The molecule has 7 heteroatoms. The summed E-state index contributed by atoms with van der Waals surface area (Å²) in [4.78, 5) is 2.13. The van der Waals surface area contributed by atoms with Gasteiger partial charge in [0.25, 0.3) is 0 Å². The SMILES string of the molecule is COc1cc(OC)c(NC(=S)NCCCN(C)C)cc1Cl. The lowest BCUT2D eigenvalue weighted by Gasteiger charge is -2.16. The Kier molecular flexibility index (Phi) is 7.56. The molecule has 0 atom stereocenters. The van der Waals surface area contributed by atoms with Gasteiger partial charge in [-0.25, -0.2) is 0 Å². The van der Waals surface area contributed by atoms with E-state index < -0.39 is 0 Å². The summed E-state index contributed by atoms with van der Waals surface area (Å²) >= 11 is 11.4. The lowest BCUT2D eigenvalue weighted by atomic mass is 10.2. The molecular weight excluding hydrogens is 310 g/mol. The van der Waals surface area contributed by atoms with Crippen LogP contribution in [0.25, 0.3) is 0 Å². The first kappa shape index (κ1) is 17.8. The van der Waals surface area contributed by atoms with Gasteiger partial charge in [-0.3, -0.25) is 0 Å². The van der Waals surface area contributed by atoms with Crippen LogP contribution in [0.4, 0.5) is 5.69 Å². The second kappa shape index (κ2) is 8.92. The van der Waals surface area contributed by atoms with Gasteiger partial charge in [-0.1, -0.05) is 11.6 Å². The van der Waals surface area contributed by atoms with E-state index in [1.54, 1.807) is 26.4 Å². The Morgan fingerprint density at radius 2 is 1.90 bits per heavy atom. The molecule has 0 amide bonds. The highest BCUT2D eigenvalue weighted by Crippen LogP contribution is 2.35. The van der Waals surface area contributed by atoms with Crippen molar-refractivity contribution >= 4 is 34.6 Å². The van der Waals surface area contributed by atoms with E-state index in [-0.39, 0.29) is 0 Å². The molecule has 1 aromatic rings. The molecule has 0 aromatic heterocycles. The van der Waals surface area contributed by atoms with Gasteiger partial charge in [0, 0.05) is 12.6 Å². The molecule has 0 bridgehead atoms. The first-order valence-corrected chi connectivity index (χ1v) is 7.37. The number of ether oxygens (including phenoxy) is 2. The van der Waals surface area contributed by atoms with Crippen molar-refractivity contribution in [2.45, 2.75) is 6.42 Å². The van der Waals surface area contributed by atoms with Gasteiger partial charge in [0.05, 0.1) is 24.9 Å². The van der Waals surface area contributed by atoms with Crippen molar-refractivity contribution in [3.8, 4) is 11.5 Å². The molecule has 0 fully saturated rings. The van der Waals surface area contributed by atoms with E-state index in [1.165, 1.54) is 0 Å². The number of halogens is 1. The molecule has 118 valence electrons. The van der Waals surface area contributed by atoms with Crippen LogP contribution in [0.2, 0.25) is 5.02 Å². The molecular formula is C14H22ClN3O2S. The molecule has 0 heterocycles. The highest BCUT2D eigenvalue weighted by Gasteiger charge is 2.10. The summed E-state index contributed by atoms with van der Waals surface area (Å²) < 4.78 is 10.5. The zero-order valence-electron chi connectivity index (χ0n) is 12.8. The van der Waals surface area contributed by atoms with Crippen LogP contribution in [0.3, 0.4) is 0 Å². The number of nitrogens with one attached hydrogen (secondary N) is 2. The second-order valence-corrected chi connectivity index (χ2v) is 5.54. The Morgan fingerprint density at radius 1 is 1.24 bits per heavy atom. The predicted octanol–water partition coefficient (Wildman–Crippen LogP) is 2.60. The molecule has 1 aromatic carbocycles. The van der Waals surface area contributed by atoms with Crippen LogP contribution >= 0.6 is 23.8 Å². The minimum absolute atomic E-state index is 0.496. The number of hydrogen-bond acceptors (Lipinski definition) is 4. The van der Waals surface area contributed by atoms with Crippen LogP contribution in [0.5, 0.6) is 11.5 Å². The van der Waals surface area contributed by atoms with Crippen LogP contribution in [-0.2, 0) is 0 Å². The largest absolute Gasteiger partial charge is 0.495 e. The minimum atomic E-state index is 0.496. The van der Waals surface area contributed by atoms with Crippen LogP contribution in [0.15, 0.2) is 12.1 Å². The topological polar surface area (TPSA) is 45.8 Å². The lowest BCUT2D eigenvalue weighted by Crippen LogP contribution is -2.31. The van der Waals surface area contributed by atoms with E-state index >= 15 is 0 Å². The van der Waals surface area contributed by atoms with Crippen molar-refractivity contribution in [3.05, 3.63) is 17.2 Å². The first-order chi connectivity index (χ1) is 9.97. The maximum absolute atomic E-state index is 6.11. The van der Waals surface area contributed by atoms with Gasteiger partial charge < -0.3 is 25.0 Å². The Hall–Kier alpha value is -1.24. The molecule has 5 nitrogen and oxygen atoms in total. The van der Waals surface area contributed by atoms with E-state index in [2.05, 4.69) is 15.5 Å². The Morgan fingerprint density at radius 3 is 2.48 bits per heavy atom. The molecule has 1 rings (SSSR count). The number of anilines is 1. The van der Waals surface area contributed by atoms with Crippen LogP contribution in [0, 0.1) is 0 Å². The average Bonchev–Trinajstić information content (AvgIpc) is 2.43. The van der Waals surface area contributed by atoms with Gasteiger partial charge in [-0.05, 0) is 45.3 Å². The fraction of sp³-hybridized carbons (Fsp3) is 0.500. The Balaban J connectivity index is 2.61.